The predicted molar refractivity (Wildman–Crippen MR) is 95.1 cm³/mol. The Hall–Kier alpha value is -2.47. The summed E-state index contributed by atoms with van der Waals surface area (Å²) in [5, 5.41) is 0.0419. The number of carbonyl (C=O) groups excluding carboxylic acids is 2. The van der Waals surface area contributed by atoms with Gasteiger partial charge in [0.2, 0.25) is 5.05 Å². The van der Waals surface area contributed by atoms with Crippen LogP contribution in [0.3, 0.4) is 0 Å². The lowest BCUT2D eigenvalue weighted by atomic mass is 10.1. The Morgan fingerprint density at radius 1 is 1.04 bits per heavy atom. The summed E-state index contributed by atoms with van der Waals surface area (Å²) in [7, 11) is 0. The van der Waals surface area contributed by atoms with Crippen LogP contribution >= 0.6 is 12.2 Å². The molecule has 0 N–H and O–H groups in total. The minimum Gasteiger partial charge on any atom is -0.481 e. The van der Waals surface area contributed by atoms with Gasteiger partial charge in [-0.1, -0.05) is 30.3 Å². The summed E-state index contributed by atoms with van der Waals surface area (Å²) < 4.78 is 15.3. The van der Waals surface area contributed by atoms with E-state index in [1.165, 1.54) is 19.1 Å². The summed E-state index contributed by atoms with van der Waals surface area (Å²) >= 11 is 5.07. The molecule has 0 aromatic heterocycles. The minimum atomic E-state index is -0.533. The Bertz CT molecular complexity index is 647. The Labute approximate surface area is 146 Å². The number of allylic oxidation sites excluding steroid dienone is 2. The average molecular weight is 348 g/mol. The molecule has 0 radical (unpaired) electrons. The monoisotopic (exact) mass is 348 g/mol. The summed E-state index contributed by atoms with van der Waals surface area (Å²) in [5.74, 6) is -0.948. The quantitative estimate of drug-likeness (QED) is 0.247. The molecule has 0 saturated heterocycles. The van der Waals surface area contributed by atoms with Crippen molar-refractivity contribution < 1.29 is 23.8 Å². The number of carbonyl (C=O) groups is 2. The minimum absolute atomic E-state index is 0.0419. The van der Waals surface area contributed by atoms with E-state index in [9.17, 15) is 9.59 Å². The van der Waals surface area contributed by atoms with Crippen LogP contribution in [0.5, 0.6) is 0 Å². The Balaban J connectivity index is 3.24. The van der Waals surface area contributed by atoms with Gasteiger partial charge in [0, 0.05) is 6.92 Å². The van der Waals surface area contributed by atoms with Crippen molar-refractivity contribution in [2.45, 2.75) is 20.8 Å². The first kappa shape index (κ1) is 19.6. The second-order valence-electron chi connectivity index (χ2n) is 4.51. The molecular weight excluding hydrogens is 328 g/mol. The maximum Gasteiger partial charge on any atom is 0.338 e. The number of benzene rings is 1. The number of hydrogen-bond acceptors (Lipinski definition) is 6. The predicted octanol–water partition coefficient (Wildman–Crippen LogP) is 3.44. The van der Waals surface area contributed by atoms with Crippen LogP contribution in [0.15, 0.2) is 48.2 Å². The van der Waals surface area contributed by atoms with Crippen molar-refractivity contribution in [2.75, 3.05) is 13.2 Å². The fraction of sp³-hybridized carbons (Fsp3) is 0.278. The van der Waals surface area contributed by atoms with Gasteiger partial charge in [0.05, 0.1) is 18.8 Å². The van der Waals surface area contributed by atoms with Crippen LogP contribution in [0.25, 0.3) is 5.57 Å². The lowest BCUT2D eigenvalue weighted by Gasteiger charge is -2.09. The summed E-state index contributed by atoms with van der Waals surface area (Å²) in [4.78, 5) is 23.4. The van der Waals surface area contributed by atoms with Crippen LogP contribution < -0.4 is 0 Å². The van der Waals surface area contributed by atoms with Crippen molar-refractivity contribution in [3.8, 4) is 0 Å². The zero-order chi connectivity index (χ0) is 17.9. The summed E-state index contributed by atoms with van der Waals surface area (Å²) in [6.45, 7) is 5.34. The van der Waals surface area contributed by atoms with Crippen molar-refractivity contribution in [3.63, 3.8) is 0 Å². The van der Waals surface area contributed by atoms with Crippen molar-refractivity contribution in [2.24, 2.45) is 0 Å². The molecule has 0 heterocycles. The van der Waals surface area contributed by atoms with E-state index in [4.69, 9.17) is 26.4 Å². The fourth-order valence-electron chi connectivity index (χ4n) is 1.77. The smallest absolute Gasteiger partial charge is 0.338 e. The molecule has 0 aliphatic rings. The maximum absolute atomic E-state index is 12.2. The lowest BCUT2D eigenvalue weighted by molar-refractivity contribution is -0.137. The highest BCUT2D eigenvalue weighted by Gasteiger charge is 2.14. The Morgan fingerprint density at radius 3 is 2.21 bits per heavy atom. The standard InChI is InChI=1S/C18H20O5S/c1-4-21-17(20)15(14-9-7-6-8-10-14)11-12-16(23-13(3)19)18(24)22-5-2/h6-12H,4-5H2,1-3H3. The second kappa shape index (κ2) is 10.3. The van der Waals surface area contributed by atoms with Crippen molar-refractivity contribution in [1.29, 1.82) is 0 Å². The first-order valence-electron chi connectivity index (χ1n) is 7.49. The molecule has 0 amide bonds. The first-order chi connectivity index (χ1) is 11.5. The molecule has 24 heavy (non-hydrogen) atoms. The highest BCUT2D eigenvalue weighted by molar-refractivity contribution is 7.80. The van der Waals surface area contributed by atoms with Crippen molar-refractivity contribution >= 4 is 34.8 Å². The van der Waals surface area contributed by atoms with Crippen molar-refractivity contribution in [3.05, 3.63) is 53.8 Å². The zero-order valence-electron chi connectivity index (χ0n) is 13.9. The molecule has 0 spiro atoms. The van der Waals surface area contributed by atoms with Crippen LogP contribution in [0.4, 0.5) is 0 Å². The molecule has 0 bridgehead atoms. The van der Waals surface area contributed by atoms with E-state index in [0.29, 0.717) is 17.7 Å². The van der Waals surface area contributed by atoms with Gasteiger partial charge in [-0.05, 0) is 43.8 Å². The fourth-order valence-corrected chi connectivity index (χ4v) is 2.00. The van der Waals surface area contributed by atoms with Crippen LogP contribution in [0, 0.1) is 0 Å². The molecular formula is C18H20O5S. The first-order valence-corrected chi connectivity index (χ1v) is 7.90. The third kappa shape index (κ3) is 6.34. The molecule has 1 rings (SSSR count). The van der Waals surface area contributed by atoms with Gasteiger partial charge in [-0.3, -0.25) is 4.79 Å². The Morgan fingerprint density at radius 2 is 1.67 bits per heavy atom. The van der Waals surface area contributed by atoms with Gasteiger partial charge in [0.25, 0.3) is 0 Å². The van der Waals surface area contributed by atoms with Crippen LogP contribution in [-0.4, -0.2) is 30.2 Å². The average Bonchev–Trinajstić information content (AvgIpc) is 2.55. The van der Waals surface area contributed by atoms with Gasteiger partial charge in [-0.2, -0.15) is 0 Å². The second-order valence-corrected chi connectivity index (χ2v) is 4.88. The van der Waals surface area contributed by atoms with Crippen LogP contribution in [-0.2, 0) is 23.8 Å². The van der Waals surface area contributed by atoms with Gasteiger partial charge in [0.1, 0.15) is 0 Å². The van der Waals surface area contributed by atoms with E-state index in [2.05, 4.69) is 0 Å². The van der Waals surface area contributed by atoms with E-state index in [-0.39, 0.29) is 17.4 Å². The zero-order valence-corrected chi connectivity index (χ0v) is 14.7. The van der Waals surface area contributed by atoms with Gasteiger partial charge in [-0.25, -0.2) is 4.79 Å². The van der Waals surface area contributed by atoms with Gasteiger partial charge < -0.3 is 14.2 Å². The number of thiocarbonyl (C=S) groups is 1. The molecule has 0 fully saturated rings. The van der Waals surface area contributed by atoms with E-state index >= 15 is 0 Å². The summed E-state index contributed by atoms with van der Waals surface area (Å²) in [6.07, 6.45) is 2.93. The molecule has 5 nitrogen and oxygen atoms in total. The van der Waals surface area contributed by atoms with Gasteiger partial charge >= 0.3 is 11.9 Å². The largest absolute Gasteiger partial charge is 0.481 e. The summed E-state index contributed by atoms with van der Waals surface area (Å²) in [5.41, 5.74) is 0.998. The number of ether oxygens (including phenoxy) is 3. The Kier molecular flexibility index (Phi) is 8.43. The molecule has 6 heteroatoms. The van der Waals surface area contributed by atoms with E-state index in [1.807, 2.05) is 18.2 Å². The normalized spacial score (nSPS) is 11.6. The summed E-state index contributed by atoms with van der Waals surface area (Å²) in [6, 6.07) is 9.02. The number of hydrogen-bond donors (Lipinski definition) is 0. The molecule has 128 valence electrons. The molecule has 1 aromatic carbocycles. The number of esters is 2. The molecule has 0 saturated carbocycles. The van der Waals surface area contributed by atoms with Gasteiger partial charge in [-0.15, -0.1) is 0 Å². The molecule has 0 aliphatic carbocycles. The van der Waals surface area contributed by atoms with E-state index < -0.39 is 11.9 Å². The third-order valence-electron chi connectivity index (χ3n) is 2.71. The molecule has 0 atom stereocenters. The van der Waals surface area contributed by atoms with Gasteiger partial charge in [0.15, 0.2) is 5.76 Å². The number of rotatable bonds is 7. The van der Waals surface area contributed by atoms with Crippen LogP contribution in [0.2, 0.25) is 0 Å². The van der Waals surface area contributed by atoms with Crippen LogP contribution in [0.1, 0.15) is 26.3 Å². The lowest BCUT2D eigenvalue weighted by Crippen LogP contribution is -2.11. The highest BCUT2D eigenvalue weighted by Crippen LogP contribution is 2.17. The SMILES string of the molecule is CCOC(=O)C(=CC=C(OC(C)=O)C(=S)OCC)c1ccccc1. The van der Waals surface area contributed by atoms with E-state index in [1.54, 1.807) is 26.0 Å². The maximum atomic E-state index is 12.2. The highest BCUT2D eigenvalue weighted by atomic mass is 32.1. The molecule has 0 aliphatic heterocycles. The van der Waals surface area contributed by atoms with E-state index in [0.717, 1.165) is 0 Å². The topological polar surface area (TPSA) is 61.8 Å². The molecule has 0 unspecified atom stereocenters. The van der Waals surface area contributed by atoms with Crippen molar-refractivity contribution in [1.82, 2.24) is 0 Å². The third-order valence-corrected chi connectivity index (χ3v) is 3.03. The molecule has 1 aromatic rings.